The Hall–Kier alpha value is -3.28. The van der Waals surface area contributed by atoms with Crippen molar-refractivity contribution < 1.29 is 13.9 Å². The number of hydrogen-bond donors (Lipinski definition) is 1. The number of benzene rings is 2. The van der Waals surface area contributed by atoms with Gasteiger partial charge in [0.1, 0.15) is 11.5 Å². The Balaban J connectivity index is 1.44. The quantitative estimate of drug-likeness (QED) is 0.510. The van der Waals surface area contributed by atoms with E-state index in [1.54, 1.807) is 7.11 Å². The maximum Gasteiger partial charge on any atom is 0.275 e. The van der Waals surface area contributed by atoms with Gasteiger partial charge in [0.2, 0.25) is 0 Å². The van der Waals surface area contributed by atoms with E-state index in [2.05, 4.69) is 15.4 Å². The monoisotopic (exact) mass is 391 g/mol. The van der Waals surface area contributed by atoms with Crippen LogP contribution in [-0.2, 0) is 0 Å². The van der Waals surface area contributed by atoms with Crippen LogP contribution in [-0.4, -0.2) is 32.3 Å². The summed E-state index contributed by atoms with van der Waals surface area (Å²) in [6, 6.07) is 15.3. The van der Waals surface area contributed by atoms with Crippen LogP contribution in [0.25, 0.3) is 10.8 Å². The Morgan fingerprint density at radius 3 is 2.52 bits per heavy atom. The lowest BCUT2D eigenvalue weighted by Crippen LogP contribution is -2.23. The van der Waals surface area contributed by atoms with E-state index in [0.29, 0.717) is 17.1 Å². The zero-order valence-corrected chi connectivity index (χ0v) is 16.6. The molecule has 1 amide bonds. The molecule has 2 heterocycles. The Bertz CT molecular complexity index is 1020. The third kappa shape index (κ3) is 4.42. The van der Waals surface area contributed by atoms with Crippen LogP contribution in [0.15, 0.2) is 58.0 Å². The van der Waals surface area contributed by atoms with Crippen molar-refractivity contribution in [2.75, 3.05) is 25.1 Å². The number of methoxy groups -OCH3 is 1. The van der Waals surface area contributed by atoms with Crippen molar-refractivity contribution in [1.29, 1.82) is 0 Å². The molecule has 1 aliphatic heterocycles. The summed E-state index contributed by atoms with van der Waals surface area (Å²) in [5.41, 5.74) is 3.00. The number of rotatable bonds is 5. The maximum atomic E-state index is 12.6. The van der Waals surface area contributed by atoms with E-state index in [1.165, 1.54) is 31.9 Å². The molecule has 1 aliphatic rings. The molecule has 4 rings (SSSR count). The van der Waals surface area contributed by atoms with E-state index >= 15 is 0 Å². The van der Waals surface area contributed by atoms with Crippen LogP contribution >= 0.6 is 0 Å². The van der Waals surface area contributed by atoms with Crippen molar-refractivity contribution in [1.82, 2.24) is 5.43 Å². The molecule has 0 spiro atoms. The molecule has 3 aromatic rings. The topological polar surface area (TPSA) is 67.1 Å². The van der Waals surface area contributed by atoms with Gasteiger partial charge in [0.25, 0.3) is 5.91 Å². The molecule has 1 N–H and O–H groups in total. The lowest BCUT2D eigenvalue weighted by Gasteiger charge is -2.18. The molecule has 1 aromatic heterocycles. The lowest BCUT2D eigenvalue weighted by molar-refractivity contribution is 0.0952. The van der Waals surface area contributed by atoms with Gasteiger partial charge in [-0.25, -0.2) is 5.43 Å². The Morgan fingerprint density at radius 2 is 1.79 bits per heavy atom. The van der Waals surface area contributed by atoms with E-state index < -0.39 is 0 Å². The Labute approximate surface area is 170 Å². The third-order valence-corrected chi connectivity index (χ3v) is 5.20. The number of carbonyl (C=O) groups is 1. The first-order chi connectivity index (χ1) is 14.2. The number of carbonyl (C=O) groups excluding carboxylic acids is 1. The number of anilines is 1. The molecule has 2 aromatic carbocycles. The average molecular weight is 391 g/mol. The SMILES string of the molecule is COc1cc2ccccc2cc1C(=O)N/N=C\c1ccc(N2CCCCCC2)o1. The van der Waals surface area contributed by atoms with Crippen molar-refractivity contribution in [2.24, 2.45) is 5.10 Å². The van der Waals surface area contributed by atoms with Gasteiger partial charge in [-0.05, 0) is 41.8 Å². The molecule has 0 aliphatic carbocycles. The molecule has 29 heavy (non-hydrogen) atoms. The predicted octanol–water partition coefficient (Wildman–Crippen LogP) is 4.59. The number of furan rings is 1. The van der Waals surface area contributed by atoms with Gasteiger partial charge < -0.3 is 14.1 Å². The van der Waals surface area contributed by atoms with Crippen LogP contribution < -0.4 is 15.1 Å². The maximum absolute atomic E-state index is 12.6. The molecule has 0 saturated carbocycles. The van der Waals surface area contributed by atoms with Crippen LogP contribution in [0.5, 0.6) is 5.75 Å². The number of fused-ring (bicyclic) bond motifs is 1. The Kier molecular flexibility index (Phi) is 5.79. The zero-order chi connectivity index (χ0) is 20.1. The highest BCUT2D eigenvalue weighted by atomic mass is 16.5. The summed E-state index contributed by atoms with van der Waals surface area (Å²) in [5.74, 6) is 1.65. The first-order valence-corrected chi connectivity index (χ1v) is 9.99. The minimum atomic E-state index is -0.330. The number of amides is 1. The smallest absolute Gasteiger partial charge is 0.275 e. The first kappa shape index (κ1) is 19.1. The zero-order valence-electron chi connectivity index (χ0n) is 16.6. The van der Waals surface area contributed by atoms with Crippen LogP contribution in [0.3, 0.4) is 0 Å². The predicted molar refractivity (Wildman–Crippen MR) is 115 cm³/mol. The standard InChI is InChI=1S/C23H25N3O3/c1-28-21-15-18-9-5-4-8-17(18)14-20(21)23(27)25-24-16-19-10-11-22(29-19)26-12-6-2-3-7-13-26/h4-5,8-11,14-16H,2-3,6-7,12-13H2,1H3,(H,25,27)/b24-16-. The van der Waals surface area contributed by atoms with E-state index in [9.17, 15) is 4.79 Å². The fourth-order valence-electron chi connectivity index (χ4n) is 3.65. The molecule has 1 saturated heterocycles. The van der Waals surface area contributed by atoms with Gasteiger partial charge >= 0.3 is 0 Å². The number of nitrogens with zero attached hydrogens (tertiary/aromatic N) is 2. The van der Waals surface area contributed by atoms with E-state index in [0.717, 1.165) is 29.7 Å². The molecule has 0 radical (unpaired) electrons. The van der Waals surface area contributed by atoms with Crippen LogP contribution in [0.2, 0.25) is 0 Å². The molecule has 150 valence electrons. The first-order valence-electron chi connectivity index (χ1n) is 9.99. The van der Waals surface area contributed by atoms with Gasteiger partial charge in [0, 0.05) is 19.2 Å². The van der Waals surface area contributed by atoms with Crippen LogP contribution in [0.4, 0.5) is 5.88 Å². The molecule has 0 bridgehead atoms. The molecule has 0 atom stereocenters. The minimum absolute atomic E-state index is 0.330. The second-order valence-electron chi connectivity index (χ2n) is 7.18. The summed E-state index contributed by atoms with van der Waals surface area (Å²) in [6.07, 6.45) is 6.44. The summed E-state index contributed by atoms with van der Waals surface area (Å²) >= 11 is 0. The van der Waals surface area contributed by atoms with Gasteiger partial charge in [-0.2, -0.15) is 5.10 Å². The molecule has 6 heteroatoms. The summed E-state index contributed by atoms with van der Waals surface area (Å²) in [7, 11) is 1.55. The van der Waals surface area contributed by atoms with Crippen molar-refractivity contribution in [3.05, 3.63) is 59.9 Å². The molecule has 0 unspecified atom stereocenters. The normalized spacial score (nSPS) is 14.9. The van der Waals surface area contributed by atoms with Gasteiger partial charge in [-0.3, -0.25) is 4.79 Å². The minimum Gasteiger partial charge on any atom is -0.496 e. The van der Waals surface area contributed by atoms with Gasteiger partial charge in [0.15, 0.2) is 5.88 Å². The highest BCUT2D eigenvalue weighted by Gasteiger charge is 2.14. The van der Waals surface area contributed by atoms with Gasteiger partial charge in [-0.1, -0.05) is 37.1 Å². The number of hydrazone groups is 1. The van der Waals surface area contributed by atoms with Crippen molar-refractivity contribution >= 4 is 28.8 Å². The van der Waals surface area contributed by atoms with Gasteiger partial charge in [0.05, 0.1) is 18.9 Å². The molecular weight excluding hydrogens is 366 g/mol. The van der Waals surface area contributed by atoms with Crippen LogP contribution in [0, 0.1) is 0 Å². The summed E-state index contributed by atoms with van der Waals surface area (Å²) in [4.78, 5) is 14.9. The fraction of sp³-hybridized carbons (Fsp3) is 0.304. The second-order valence-corrected chi connectivity index (χ2v) is 7.18. The van der Waals surface area contributed by atoms with E-state index in [-0.39, 0.29) is 5.91 Å². The average Bonchev–Trinajstić information content (AvgIpc) is 3.05. The molecule has 6 nitrogen and oxygen atoms in total. The van der Waals surface area contributed by atoms with E-state index in [4.69, 9.17) is 9.15 Å². The highest BCUT2D eigenvalue weighted by Crippen LogP contribution is 2.26. The summed E-state index contributed by atoms with van der Waals surface area (Å²) in [5, 5.41) is 6.04. The molecule has 1 fully saturated rings. The third-order valence-electron chi connectivity index (χ3n) is 5.20. The summed E-state index contributed by atoms with van der Waals surface area (Å²) in [6.45, 7) is 2.03. The Morgan fingerprint density at radius 1 is 1.07 bits per heavy atom. The number of hydrogen-bond acceptors (Lipinski definition) is 5. The number of ether oxygens (including phenoxy) is 1. The van der Waals surface area contributed by atoms with E-state index in [1.807, 2.05) is 48.5 Å². The highest BCUT2D eigenvalue weighted by molar-refractivity contribution is 6.01. The summed E-state index contributed by atoms with van der Waals surface area (Å²) < 4.78 is 11.3. The van der Waals surface area contributed by atoms with Crippen LogP contribution in [0.1, 0.15) is 41.8 Å². The van der Waals surface area contributed by atoms with Crippen molar-refractivity contribution in [3.8, 4) is 5.75 Å². The fourth-order valence-corrected chi connectivity index (χ4v) is 3.65. The molecular formula is C23H25N3O3. The van der Waals surface area contributed by atoms with Crippen molar-refractivity contribution in [2.45, 2.75) is 25.7 Å². The number of nitrogens with one attached hydrogen (secondary N) is 1. The largest absolute Gasteiger partial charge is 0.496 e. The lowest BCUT2D eigenvalue weighted by atomic mass is 10.1. The van der Waals surface area contributed by atoms with Gasteiger partial charge in [-0.15, -0.1) is 0 Å². The second kappa shape index (κ2) is 8.82. The van der Waals surface area contributed by atoms with Crippen molar-refractivity contribution in [3.63, 3.8) is 0 Å².